The van der Waals surface area contributed by atoms with Gasteiger partial charge in [-0.05, 0) is 48.4 Å². The Labute approximate surface area is 123 Å². The SMILES string of the molecule is CCCC(=O)NCc1ccc(Oc2ccc(F)cc2)cc1. The van der Waals surface area contributed by atoms with Crippen molar-refractivity contribution in [2.45, 2.75) is 26.3 Å². The van der Waals surface area contributed by atoms with Gasteiger partial charge < -0.3 is 10.1 Å². The van der Waals surface area contributed by atoms with Gasteiger partial charge in [0.1, 0.15) is 17.3 Å². The summed E-state index contributed by atoms with van der Waals surface area (Å²) in [5.41, 5.74) is 1.01. The zero-order valence-corrected chi connectivity index (χ0v) is 11.9. The summed E-state index contributed by atoms with van der Waals surface area (Å²) in [6.07, 6.45) is 1.39. The van der Waals surface area contributed by atoms with Gasteiger partial charge in [-0.15, -0.1) is 0 Å². The summed E-state index contributed by atoms with van der Waals surface area (Å²) in [6, 6.07) is 13.3. The van der Waals surface area contributed by atoms with Crippen LogP contribution in [0.2, 0.25) is 0 Å². The second kappa shape index (κ2) is 7.43. The van der Waals surface area contributed by atoms with E-state index in [9.17, 15) is 9.18 Å². The van der Waals surface area contributed by atoms with E-state index in [4.69, 9.17) is 4.74 Å². The fourth-order valence-electron chi connectivity index (χ4n) is 1.83. The molecule has 0 bridgehead atoms. The van der Waals surface area contributed by atoms with E-state index in [0.29, 0.717) is 24.5 Å². The van der Waals surface area contributed by atoms with Crippen molar-refractivity contribution in [3.8, 4) is 11.5 Å². The number of benzene rings is 2. The van der Waals surface area contributed by atoms with Gasteiger partial charge in [0.2, 0.25) is 5.91 Å². The van der Waals surface area contributed by atoms with Crippen molar-refractivity contribution in [3.05, 3.63) is 59.9 Å². The molecule has 0 saturated carbocycles. The Morgan fingerprint density at radius 2 is 1.62 bits per heavy atom. The van der Waals surface area contributed by atoms with Gasteiger partial charge in [0.25, 0.3) is 0 Å². The van der Waals surface area contributed by atoms with Crippen LogP contribution in [0.5, 0.6) is 11.5 Å². The van der Waals surface area contributed by atoms with Crippen molar-refractivity contribution in [3.63, 3.8) is 0 Å². The smallest absolute Gasteiger partial charge is 0.220 e. The minimum Gasteiger partial charge on any atom is -0.457 e. The average molecular weight is 287 g/mol. The van der Waals surface area contributed by atoms with E-state index in [2.05, 4.69) is 5.32 Å². The average Bonchev–Trinajstić information content (AvgIpc) is 2.49. The quantitative estimate of drug-likeness (QED) is 0.871. The summed E-state index contributed by atoms with van der Waals surface area (Å²) in [5.74, 6) is 1.02. The number of carbonyl (C=O) groups is 1. The Bertz CT molecular complexity index is 579. The van der Waals surface area contributed by atoms with Crippen LogP contribution in [0.3, 0.4) is 0 Å². The Kier molecular flexibility index (Phi) is 5.32. The number of rotatable bonds is 6. The van der Waals surface area contributed by atoms with E-state index >= 15 is 0 Å². The fourth-order valence-corrected chi connectivity index (χ4v) is 1.83. The molecule has 0 aliphatic rings. The molecule has 0 saturated heterocycles. The third kappa shape index (κ3) is 4.91. The molecule has 2 aromatic rings. The molecule has 0 aromatic heterocycles. The predicted molar refractivity (Wildman–Crippen MR) is 79.7 cm³/mol. The molecule has 0 aliphatic carbocycles. The van der Waals surface area contributed by atoms with Crippen molar-refractivity contribution in [2.75, 3.05) is 0 Å². The Morgan fingerprint density at radius 1 is 1.05 bits per heavy atom. The summed E-state index contributed by atoms with van der Waals surface area (Å²) in [4.78, 5) is 11.4. The van der Waals surface area contributed by atoms with Crippen LogP contribution in [0.4, 0.5) is 4.39 Å². The van der Waals surface area contributed by atoms with E-state index in [1.54, 1.807) is 12.1 Å². The van der Waals surface area contributed by atoms with Crippen molar-refractivity contribution < 1.29 is 13.9 Å². The molecular weight excluding hydrogens is 269 g/mol. The highest BCUT2D eigenvalue weighted by Crippen LogP contribution is 2.21. The first-order valence-electron chi connectivity index (χ1n) is 6.96. The highest BCUT2D eigenvalue weighted by molar-refractivity contribution is 5.75. The maximum absolute atomic E-state index is 12.8. The van der Waals surface area contributed by atoms with Crippen LogP contribution in [0.15, 0.2) is 48.5 Å². The van der Waals surface area contributed by atoms with E-state index in [-0.39, 0.29) is 11.7 Å². The number of hydrogen-bond acceptors (Lipinski definition) is 2. The first-order valence-corrected chi connectivity index (χ1v) is 6.96. The van der Waals surface area contributed by atoms with E-state index < -0.39 is 0 Å². The normalized spacial score (nSPS) is 10.2. The lowest BCUT2D eigenvalue weighted by atomic mass is 10.2. The number of hydrogen-bond donors (Lipinski definition) is 1. The molecule has 2 aromatic carbocycles. The molecule has 0 aliphatic heterocycles. The topological polar surface area (TPSA) is 38.3 Å². The summed E-state index contributed by atoms with van der Waals surface area (Å²) < 4.78 is 18.4. The number of halogens is 1. The number of nitrogens with one attached hydrogen (secondary N) is 1. The number of amides is 1. The summed E-state index contributed by atoms with van der Waals surface area (Å²) in [5, 5.41) is 2.85. The standard InChI is InChI=1S/C17H18FNO2/c1-2-3-17(20)19-12-13-4-8-15(9-5-13)21-16-10-6-14(18)7-11-16/h4-11H,2-3,12H2,1H3,(H,19,20). The lowest BCUT2D eigenvalue weighted by Gasteiger charge is -2.08. The van der Waals surface area contributed by atoms with Crippen LogP contribution in [0.1, 0.15) is 25.3 Å². The van der Waals surface area contributed by atoms with Gasteiger partial charge in [-0.2, -0.15) is 0 Å². The Hall–Kier alpha value is -2.36. The van der Waals surface area contributed by atoms with Crippen molar-refractivity contribution in [1.82, 2.24) is 5.32 Å². The first kappa shape index (κ1) is 15.0. The van der Waals surface area contributed by atoms with Gasteiger partial charge in [0.05, 0.1) is 0 Å². The van der Waals surface area contributed by atoms with Gasteiger partial charge in [-0.25, -0.2) is 4.39 Å². The Morgan fingerprint density at radius 3 is 2.19 bits per heavy atom. The second-order valence-corrected chi connectivity index (χ2v) is 4.73. The molecule has 0 heterocycles. The van der Waals surface area contributed by atoms with Gasteiger partial charge in [-0.1, -0.05) is 19.1 Å². The molecule has 1 amide bonds. The molecule has 4 heteroatoms. The van der Waals surface area contributed by atoms with E-state index in [1.165, 1.54) is 12.1 Å². The number of ether oxygens (including phenoxy) is 1. The summed E-state index contributed by atoms with van der Waals surface area (Å²) in [6.45, 7) is 2.48. The van der Waals surface area contributed by atoms with Crippen molar-refractivity contribution >= 4 is 5.91 Å². The second-order valence-electron chi connectivity index (χ2n) is 4.73. The van der Waals surface area contributed by atoms with Crippen LogP contribution in [-0.4, -0.2) is 5.91 Å². The third-order valence-corrected chi connectivity index (χ3v) is 2.94. The molecule has 0 unspecified atom stereocenters. The third-order valence-electron chi connectivity index (χ3n) is 2.94. The van der Waals surface area contributed by atoms with Crippen LogP contribution < -0.4 is 10.1 Å². The molecule has 0 spiro atoms. The molecule has 0 fully saturated rings. The zero-order chi connectivity index (χ0) is 15.1. The monoisotopic (exact) mass is 287 g/mol. The van der Waals surface area contributed by atoms with E-state index in [1.807, 2.05) is 31.2 Å². The molecular formula is C17H18FNO2. The lowest BCUT2D eigenvalue weighted by molar-refractivity contribution is -0.121. The first-order chi connectivity index (χ1) is 10.2. The van der Waals surface area contributed by atoms with Gasteiger partial charge in [0.15, 0.2) is 0 Å². The van der Waals surface area contributed by atoms with Crippen LogP contribution in [-0.2, 0) is 11.3 Å². The minimum absolute atomic E-state index is 0.0594. The van der Waals surface area contributed by atoms with Gasteiger partial charge in [0, 0.05) is 13.0 Å². The molecule has 110 valence electrons. The molecule has 0 atom stereocenters. The van der Waals surface area contributed by atoms with Crippen LogP contribution in [0.25, 0.3) is 0 Å². The van der Waals surface area contributed by atoms with E-state index in [0.717, 1.165) is 12.0 Å². The maximum atomic E-state index is 12.8. The maximum Gasteiger partial charge on any atom is 0.220 e. The molecule has 2 rings (SSSR count). The molecule has 3 nitrogen and oxygen atoms in total. The van der Waals surface area contributed by atoms with Crippen LogP contribution in [0, 0.1) is 5.82 Å². The largest absolute Gasteiger partial charge is 0.457 e. The van der Waals surface area contributed by atoms with Crippen molar-refractivity contribution in [2.24, 2.45) is 0 Å². The zero-order valence-electron chi connectivity index (χ0n) is 11.9. The fraction of sp³-hybridized carbons (Fsp3) is 0.235. The minimum atomic E-state index is -0.291. The molecule has 21 heavy (non-hydrogen) atoms. The van der Waals surface area contributed by atoms with Gasteiger partial charge >= 0.3 is 0 Å². The predicted octanol–water partition coefficient (Wildman–Crippen LogP) is 4.03. The van der Waals surface area contributed by atoms with Crippen LogP contribution >= 0.6 is 0 Å². The van der Waals surface area contributed by atoms with Crippen molar-refractivity contribution in [1.29, 1.82) is 0 Å². The summed E-state index contributed by atoms with van der Waals surface area (Å²) in [7, 11) is 0. The highest BCUT2D eigenvalue weighted by atomic mass is 19.1. The lowest BCUT2D eigenvalue weighted by Crippen LogP contribution is -2.21. The van der Waals surface area contributed by atoms with Gasteiger partial charge in [-0.3, -0.25) is 4.79 Å². The molecule has 1 N–H and O–H groups in total. The molecule has 0 radical (unpaired) electrons. The highest BCUT2D eigenvalue weighted by Gasteiger charge is 2.01. The Balaban J connectivity index is 1.89. The summed E-state index contributed by atoms with van der Waals surface area (Å²) >= 11 is 0. The number of carbonyl (C=O) groups excluding carboxylic acids is 1.